The summed E-state index contributed by atoms with van der Waals surface area (Å²) in [4.78, 5) is 11.1. The molecule has 0 heterocycles. The summed E-state index contributed by atoms with van der Waals surface area (Å²) in [5.74, 6) is 0.925. The van der Waals surface area contributed by atoms with E-state index in [1.165, 1.54) is 11.1 Å². The van der Waals surface area contributed by atoms with Crippen LogP contribution in [0.4, 0.5) is 5.69 Å². The highest BCUT2D eigenvalue weighted by atomic mass is 35.5. The summed E-state index contributed by atoms with van der Waals surface area (Å²) < 4.78 is 0. The van der Waals surface area contributed by atoms with Crippen molar-refractivity contribution in [3.8, 4) is 0 Å². The Labute approximate surface area is 151 Å². The molecule has 0 fully saturated rings. The maximum atomic E-state index is 11.1. The zero-order valence-electron chi connectivity index (χ0n) is 15.5. The average molecular weight is 346 g/mol. The summed E-state index contributed by atoms with van der Waals surface area (Å²) in [7, 11) is 0. The highest BCUT2D eigenvalue weighted by molar-refractivity contribution is 6.67. The first-order valence-electron chi connectivity index (χ1n) is 8.29. The first-order chi connectivity index (χ1) is 11.1. The number of carbonyl (C=O) groups is 1. The summed E-state index contributed by atoms with van der Waals surface area (Å²) in [5, 5.41) is -0.368. The van der Waals surface area contributed by atoms with Crippen molar-refractivity contribution in [3.05, 3.63) is 64.2 Å². The normalized spacial score (nSPS) is 10.5. The van der Waals surface area contributed by atoms with E-state index in [9.17, 15) is 4.79 Å². The largest absolute Gasteiger partial charge is 0.399 e. The molecule has 0 unspecified atom stereocenters. The molecule has 0 aromatic heterocycles. The molecule has 0 aliphatic heterocycles. The Morgan fingerprint density at radius 2 is 1.46 bits per heavy atom. The molecule has 2 nitrogen and oxygen atoms in total. The molecule has 0 atom stereocenters. The van der Waals surface area contributed by atoms with Gasteiger partial charge in [-0.2, -0.15) is 0 Å². The Morgan fingerprint density at radius 3 is 1.92 bits per heavy atom. The molecular formula is C21H28ClNO. The molecule has 130 valence electrons. The monoisotopic (exact) mass is 345 g/mol. The van der Waals surface area contributed by atoms with Gasteiger partial charge in [-0.15, -0.1) is 0 Å². The summed E-state index contributed by atoms with van der Waals surface area (Å²) >= 11 is 5.49. The van der Waals surface area contributed by atoms with E-state index in [1.54, 1.807) is 0 Å². The molecule has 2 rings (SSSR count). The summed E-state index contributed by atoms with van der Waals surface area (Å²) in [6, 6.07) is 11.9. The van der Waals surface area contributed by atoms with Crippen molar-refractivity contribution in [1.29, 1.82) is 0 Å². The molecule has 0 saturated heterocycles. The number of carbonyl (C=O) groups excluding carboxylic acids is 1. The molecule has 0 aliphatic rings. The summed E-state index contributed by atoms with van der Waals surface area (Å²) in [5.41, 5.74) is 11.9. The Morgan fingerprint density at radius 1 is 0.917 bits per heavy atom. The van der Waals surface area contributed by atoms with E-state index in [-0.39, 0.29) is 5.24 Å². The van der Waals surface area contributed by atoms with Gasteiger partial charge in [-0.3, -0.25) is 4.79 Å². The molecular weight excluding hydrogens is 318 g/mol. The second-order valence-corrected chi connectivity index (χ2v) is 7.13. The van der Waals surface area contributed by atoms with Gasteiger partial charge in [0.15, 0.2) is 0 Å². The van der Waals surface area contributed by atoms with E-state index in [4.69, 9.17) is 17.3 Å². The maximum Gasteiger partial charge on any atom is 0.252 e. The number of halogens is 1. The zero-order chi connectivity index (χ0) is 18.4. The van der Waals surface area contributed by atoms with Crippen molar-refractivity contribution >= 4 is 22.5 Å². The van der Waals surface area contributed by atoms with E-state index < -0.39 is 0 Å². The van der Waals surface area contributed by atoms with Crippen LogP contribution in [-0.2, 0) is 0 Å². The Bertz CT molecular complexity index is 705. The summed E-state index contributed by atoms with van der Waals surface area (Å²) in [6.07, 6.45) is 0. The van der Waals surface area contributed by atoms with Crippen molar-refractivity contribution in [1.82, 2.24) is 0 Å². The van der Waals surface area contributed by atoms with E-state index >= 15 is 0 Å². The molecule has 2 N–H and O–H groups in total. The highest BCUT2D eigenvalue weighted by Gasteiger charge is 2.11. The number of nitrogen functional groups attached to an aromatic ring is 1. The topological polar surface area (TPSA) is 43.1 Å². The van der Waals surface area contributed by atoms with Crippen LogP contribution >= 0.6 is 11.6 Å². The minimum absolute atomic E-state index is 0.332. The Balaban J connectivity index is 0.000000243. The fraction of sp³-hybridized carbons (Fsp3) is 0.381. The van der Waals surface area contributed by atoms with Gasteiger partial charge in [-0.1, -0.05) is 51.5 Å². The van der Waals surface area contributed by atoms with Crippen molar-refractivity contribution in [3.63, 3.8) is 0 Å². The van der Waals surface area contributed by atoms with Crippen LogP contribution in [0.1, 0.15) is 72.1 Å². The van der Waals surface area contributed by atoms with Gasteiger partial charge >= 0.3 is 0 Å². The van der Waals surface area contributed by atoms with Crippen LogP contribution in [0.2, 0.25) is 0 Å². The fourth-order valence-electron chi connectivity index (χ4n) is 2.69. The standard InChI is InChI=1S/C11H13ClO.C10H15N/c1-7(2)9-5-4-8(3)6-10(9)11(12)13;1-7(2)10-5-4-9(11)6-8(10)3/h4-7H,1-3H3;4-7H,11H2,1-3H3. The number of aryl methyl sites for hydroxylation is 2. The Kier molecular flexibility index (Phi) is 7.50. The predicted octanol–water partition coefficient (Wildman–Crippen LogP) is 6.20. The molecule has 2 aromatic carbocycles. The minimum Gasteiger partial charge on any atom is -0.399 e. The van der Waals surface area contributed by atoms with Gasteiger partial charge in [0.05, 0.1) is 0 Å². The molecule has 0 amide bonds. The molecule has 24 heavy (non-hydrogen) atoms. The molecule has 0 aliphatic carbocycles. The van der Waals surface area contributed by atoms with Crippen LogP contribution in [0.15, 0.2) is 36.4 Å². The third-order valence-corrected chi connectivity index (χ3v) is 4.16. The molecule has 3 heteroatoms. The van der Waals surface area contributed by atoms with Gasteiger partial charge in [-0.05, 0) is 72.2 Å². The number of nitrogens with two attached hydrogens (primary N) is 1. The molecule has 0 radical (unpaired) electrons. The van der Waals surface area contributed by atoms with E-state index in [0.29, 0.717) is 17.4 Å². The predicted molar refractivity (Wildman–Crippen MR) is 105 cm³/mol. The van der Waals surface area contributed by atoms with E-state index in [1.807, 2.05) is 51.1 Å². The van der Waals surface area contributed by atoms with Crippen LogP contribution in [0.5, 0.6) is 0 Å². The Hall–Kier alpha value is -1.80. The minimum atomic E-state index is -0.368. The number of rotatable bonds is 3. The van der Waals surface area contributed by atoms with Crippen LogP contribution in [-0.4, -0.2) is 5.24 Å². The summed E-state index contributed by atoms with van der Waals surface area (Å²) in [6.45, 7) is 12.5. The van der Waals surface area contributed by atoms with Crippen molar-refractivity contribution in [2.24, 2.45) is 0 Å². The van der Waals surface area contributed by atoms with Gasteiger partial charge in [0.2, 0.25) is 0 Å². The third kappa shape index (κ3) is 5.68. The zero-order valence-corrected chi connectivity index (χ0v) is 16.2. The lowest BCUT2D eigenvalue weighted by Gasteiger charge is -2.09. The SMILES string of the molecule is Cc1cc(N)ccc1C(C)C.Cc1ccc(C(C)C)c(C(=O)Cl)c1. The third-order valence-electron chi connectivity index (χ3n) is 3.96. The smallest absolute Gasteiger partial charge is 0.252 e. The van der Waals surface area contributed by atoms with E-state index in [0.717, 1.165) is 16.8 Å². The highest BCUT2D eigenvalue weighted by Crippen LogP contribution is 2.22. The second-order valence-electron chi connectivity index (χ2n) is 6.79. The lowest BCUT2D eigenvalue weighted by Crippen LogP contribution is -1.99. The average Bonchev–Trinajstić information content (AvgIpc) is 2.46. The van der Waals surface area contributed by atoms with Gasteiger partial charge in [0.1, 0.15) is 0 Å². The lowest BCUT2D eigenvalue weighted by atomic mass is 9.96. The fourth-order valence-corrected chi connectivity index (χ4v) is 2.85. The quantitative estimate of drug-likeness (QED) is 0.531. The maximum absolute atomic E-state index is 11.1. The number of hydrogen-bond acceptors (Lipinski definition) is 2. The molecule has 0 spiro atoms. The van der Waals surface area contributed by atoms with Gasteiger partial charge in [0.25, 0.3) is 5.24 Å². The number of hydrogen-bond donors (Lipinski definition) is 1. The van der Waals surface area contributed by atoms with Crippen LogP contribution in [0.25, 0.3) is 0 Å². The van der Waals surface area contributed by atoms with Gasteiger partial charge in [-0.25, -0.2) is 0 Å². The van der Waals surface area contributed by atoms with Crippen molar-refractivity contribution < 1.29 is 4.79 Å². The lowest BCUT2D eigenvalue weighted by molar-refractivity contribution is 0.108. The number of anilines is 1. The molecule has 0 saturated carbocycles. The number of benzene rings is 2. The van der Waals surface area contributed by atoms with Gasteiger partial charge in [0, 0.05) is 11.3 Å². The second kappa shape index (κ2) is 8.89. The van der Waals surface area contributed by atoms with Crippen LogP contribution < -0.4 is 5.73 Å². The van der Waals surface area contributed by atoms with Crippen LogP contribution in [0.3, 0.4) is 0 Å². The van der Waals surface area contributed by atoms with E-state index in [2.05, 4.69) is 26.8 Å². The molecule has 2 aromatic rings. The first-order valence-corrected chi connectivity index (χ1v) is 8.67. The van der Waals surface area contributed by atoms with Gasteiger partial charge < -0.3 is 5.73 Å². The first kappa shape index (κ1) is 20.2. The molecule has 0 bridgehead atoms. The van der Waals surface area contributed by atoms with Crippen molar-refractivity contribution in [2.45, 2.75) is 53.4 Å². The van der Waals surface area contributed by atoms with Crippen LogP contribution in [0, 0.1) is 13.8 Å². The van der Waals surface area contributed by atoms with Crippen molar-refractivity contribution in [2.75, 3.05) is 5.73 Å².